The zero-order valence-electron chi connectivity index (χ0n) is 8.73. The topological polar surface area (TPSA) is 40.9 Å². The Morgan fingerprint density at radius 3 is 2.19 bits per heavy atom. The molecule has 0 aromatic carbocycles. The summed E-state index contributed by atoms with van der Waals surface area (Å²) in [5.41, 5.74) is -2.48. The summed E-state index contributed by atoms with van der Waals surface area (Å²) in [6, 6.07) is 1.74. The maximum Gasteiger partial charge on any atom is 0.394 e. The van der Waals surface area contributed by atoms with Gasteiger partial charge in [0.15, 0.2) is 5.78 Å². The SMILES string of the molecule is N#CCC(=O)C12CCC(C(F)(F)F)(CC1)C2. The van der Waals surface area contributed by atoms with Crippen molar-refractivity contribution in [1.29, 1.82) is 5.26 Å². The van der Waals surface area contributed by atoms with Gasteiger partial charge in [0.2, 0.25) is 0 Å². The molecule has 0 atom stereocenters. The summed E-state index contributed by atoms with van der Waals surface area (Å²) in [4.78, 5) is 11.7. The first-order valence-electron chi connectivity index (χ1n) is 5.32. The van der Waals surface area contributed by atoms with Crippen molar-refractivity contribution in [3.8, 4) is 6.07 Å². The van der Waals surface area contributed by atoms with Gasteiger partial charge < -0.3 is 0 Å². The number of hydrogen-bond donors (Lipinski definition) is 0. The number of ketones is 1. The van der Waals surface area contributed by atoms with Gasteiger partial charge in [-0.05, 0) is 32.1 Å². The predicted molar refractivity (Wildman–Crippen MR) is 49.2 cm³/mol. The fourth-order valence-electron chi connectivity index (χ4n) is 3.23. The van der Waals surface area contributed by atoms with Crippen LogP contribution in [0.3, 0.4) is 0 Å². The van der Waals surface area contributed by atoms with Crippen LogP contribution in [0.4, 0.5) is 13.2 Å². The Morgan fingerprint density at radius 1 is 1.25 bits per heavy atom. The summed E-state index contributed by atoms with van der Waals surface area (Å²) in [6.45, 7) is 0. The number of Topliss-reactive ketones (excluding diaryl/α,β-unsaturated/α-hetero) is 1. The Labute approximate surface area is 91.4 Å². The van der Waals surface area contributed by atoms with Gasteiger partial charge >= 0.3 is 6.18 Å². The molecular formula is C11H12F3NO. The number of fused-ring (bicyclic) bond motifs is 2. The maximum absolute atomic E-state index is 12.9. The number of carbonyl (C=O) groups excluding carboxylic acids is 1. The van der Waals surface area contributed by atoms with E-state index >= 15 is 0 Å². The summed E-state index contributed by atoms with van der Waals surface area (Å²) < 4.78 is 38.7. The quantitative estimate of drug-likeness (QED) is 0.733. The van der Waals surface area contributed by atoms with Crippen LogP contribution in [0.2, 0.25) is 0 Å². The molecule has 2 aliphatic rings. The number of halogens is 3. The van der Waals surface area contributed by atoms with Crippen LogP contribution in [0.5, 0.6) is 0 Å². The predicted octanol–water partition coefficient (Wildman–Crippen LogP) is 2.98. The standard InChI is InChI=1S/C11H12F3NO/c12-11(13,14)10-4-2-9(7-10,3-5-10)8(16)1-6-15/h1-5,7H2. The third-order valence-corrected chi connectivity index (χ3v) is 4.27. The molecule has 2 nitrogen and oxygen atoms in total. The lowest BCUT2D eigenvalue weighted by atomic mass is 9.78. The average Bonchev–Trinajstić information content (AvgIpc) is 2.75. The largest absolute Gasteiger partial charge is 0.394 e. The van der Waals surface area contributed by atoms with Crippen LogP contribution in [0.25, 0.3) is 0 Å². The molecular weight excluding hydrogens is 219 g/mol. The summed E-state index contributed by atoms with van der Waals surface area (Å²) in [5, 5.41) is 8.45. The molecule has 0 N–H and O–H groups in total. The van der Waals surface area contributed by atoms with Crippen molar-refractivity contribution in [2.75, 3.05) is 0 Å². The number of nitrogens with zero attached hydrogens (tertiary/aromatic N) is 1. The molecule has 0 aliphatic heterocycles. The molecule has 0 heterocycles. The smallest absolute Gasteiger partial charge is 0.298 e. The zero-order valence-corrected chi connectivity index (χ0v) is 8.73. The highest BCUT2D eigenvalue weighted by atomic mass is 19.4. The van der Waals surface area contributed by atoms with Gasteiger partial charge in [0.05, 0.1) is 17.9 Å². The van der Waals surface area contributed by atoms with Crippen LogP contribution in [-0.4, -0.2) is 12.0 Å². The van der Waals surface area contributed by atoms with Gasteiger partial charge in [-0.15, -0.1) is 0 Å². The molecule has 2 aliphatic carbocycles. The van der Waals surface area contributed by atoms with Gasteiger partial charge in [-0.1, -0.05) is 0 Å². The van der Waals surface area contributed by atoms with E-state index in [-0.39, 0.29) is 31.5 Å². The average molecular weight is 231 g/mol. The molecule has 0 radical (unpaired) electrons. The second kappa shape index (κ2) is 3.22. The Kier molecular flexibility index (Phi) is 2.30. The first-order valence-corrected chi connectivity index (χ1v) is 5.32. The highest BCUT2D eigenvalue weighted by Crippen LogP contribution is 2.67. The molecule has 16 heavy (non-hydrogen) atoms. The summed E-state index contributed by atoms with van der Waals surface area (Å²) in [7, 11) is 0. The highest BCUT2D eigenvalue weighted by Gasteiger charge is 2.67. The van der Waals surface area contributed by atoms with E-state index in [0.717, 1.165) is 0 Å². The minimum absolute atomic E-state index is 0.0493. The number of alkyl halides is 3. The lowest BCUT2D eigenvalue weighted by Crippen LogP contribution is -2.33. The van der Waals surface area contributed by atoms with E-state index in [1.54, 1.807) is 6.07 Å². The van der Waals surface area contributed by atoms with E-state index in [1.165, 1.54) is 0 Å². The van der Waals surface area contributed by atoms with Crippen molar-refractivity contribution in [2.45, 2.75) is 44.7 Å². The molecule has 2 bridgehead atoms. The lowest BCUT2D eigenvalue weighted by molar-refractivity contribution is -0.220. The number of nitriles is 1. The molecule has 0 saturated heterocycles. The van der Waals surface area contributed by atoms with E-state index in [4.69, 9.17) is 5.26 Å². The molecule has 0 aromatic rings. The summed E-state index contributed by atoms with van der Waals surface area (Å²) >= 11 is 0. The van der Waals surface area contributed by atoms with Crippen molar-refractivity contribution in [3.63, 3.8) is 0 Å². The van der Waals surface area contributed by atoms with E-state index in [0.29, 0.717) is 12.8 Å². The molecule has 0 aromatic heterocycles. The normalized spacial score (nSPS) is 37.4. The van der Waals surface area contributed by atoms with E-state index in [9.17, 15) is 18.0 Å². The van der Waals surface area contributed by atoms with Gasteiger partial charge in [-0.3, -0.25) is 4.79 Å². The first kappa shape index (κ1) is 11.4. The zero-order chi connectivity index (χ0) is 12.0. The van der Waals surface area contributed by atoms with Crippen molar-refractivity contribution in [2.24, 2.45) is 10.8 Å². The minimum Gasteiger partial charge on any atom is -0.298 e. The Morgan fingerprint density at radius 2 is 1.81 bits per heavy atom. The van der Waals surface area contributed by atoms with Crippen molar-refractivity contribution in [1.82, 2.24) is 0 Å². The summed E-state index contributed by atoms with van der Waals surface area (Å²) in [6.07, 6.45) is -3.86. The van der Waals surface area contributed by atoms with Crippen LogP contribution < -0.4 is 0 Å². The molecule has 0 unspecified atom stereocenters. The third kappa shape index (κ3) is 1.35. The van der Waals surface area contributed by atoms with Crippen molar-refractivity contribution < 1.29 is 18.0 Å². The lowest BCUT2D eigenvalue weighted by Gasteiger charge is -2.29. The molecule has 0 amide bonds. The van der Waals surface area contributed by atoms with Crippen molar-refractivity contribution >= 4 is 5.78 Å². The minimum atomic E-state index is -4.21. The number of hydrogen-bond acceptors (Lipinski definition) is 2. The second-order valence-electron chi connectivity index (χ2n) is 4.99. The Bertz CT molecular complexity index is 358. The fraction of sp³-hybridized carbons (Fsp3) is 0.818. The monoisotopic (exact) mass is 231 g/mol. The third-order valence-electron chi connectivity index (χ3n) is 4.27. The van der Waals surface area contributed by atoms with Crippen LogP contribution in [0.1, 0.15) is 38.5 Å². The van der Waals surface area contributed by atoms with Crippen LogP contribution in [-0.2, 0) is 4.79 Å². The highest BCUT2D eigenvalue weighted by molar-refractivity contribution is 5.87. The van der Waals surface area contributed by atoms with Gasteiger partial charge in [0.1, 0.15) is 0 Å². The van der Waals surface area contributed by atoms with Gasteiger partial charge in [0.25, 0.3) is 0 Å². The molecule has 2 rings (SSSR count). The van der Waals surface area contributed by atoms with E-state index in [2.05, 4.69) is 0 Å². The van der Waals surface area contributed by atoms with Gasteiger partial charge in [-0.25, -0.2) is 0 Å². The molecule has 5 heteroatoms. The first-order chi connectivity index (χ1) is 7.35. The molecule has 2 fully saturated rings. The second-order valence-corrected chi connectivity index (χ2v) is 4.99. The molecule has 0 spiro atoms. The summed E-state index contributed by atoms with van der Waals surface area (Å²) in [5.74, 6) is -0.293. The number of carbonyl (C=O) groups is 1. The van der Waals surface area contributed by atoms with Gasteiger partial charge in [-0.2, -0.15) is 18.4 Å². The number of rotatable bonds is 2. The van der Waals surface area contributed by atoms with E-state index in [1.807, 2.05) is 0 Å². The molecule has 88 valence electrons. The van der Waals surface area contributed by atoms with Crippen LogP contribution in [0, 0.1) is 22.2 Å². The van der Waals surface area contributed by atoms with Crippen LogP contribution >= 0.6 is 0 Å². The maximum atomic E-state index is 12.9. The van der Waals surface area contributed by atoms with Crippen LogP contribution in [0.15, 0.2) is 0 Å². The van der Waals surface area contributed by atoms with E-state index < -0.39 is 17.0 Å². The fourth-order valence-corrected chi connectivity index (χ4v) is 3.23. The van der Waals surface area contributed by atoms with Gasteiger partial charge in [0, 0.05) is 5.41 Å². The Hall–Kier alpha value is -1.05. The van der Waals surface area contributed by atoms with Crippen molar-refractivity contribution in [3.05, 3.63) is 0 Å². The Balaban J connectivity index is 2.22. The molecule has 2 saturated carbocycles.